The average molecular weight is 546 g/mol. The molecule has 0 amide bonds. The summed E-state index contributed by atoms with van der Waals surface area (Å²) in [6.07, 6.45) is 0. The number of nitrogens with zero attached hydrogens (tertiary/aromatic N) is 1. The van der Waals surface area contributed by atoms with Crippen LogP contribution in [0.1, 0.15) is 30.5 Å². The van der Waals surface area contributed by atoms with Crippen LogP contribution in [0.15, 0.2) is 59.6 Å². The first-order valence-electron chi connectivity index (χ1n) is 9.55. The van der Waals surface area contributed by atoms with Crippen molar-refractivity contribution in [3.63, 3.8) is 0 Å². The number of nitrogens with one attached hydrogen (secondary N) is 3. The molecule has 1 unspecified atom stereocenters. The Morgan fingerprint density at radius 2 is 1.73 bits per heavy atom. The topological polar surface area (TPSA) is 103 Å². The number of hydrogen-bond donors (Lipinski definition) is 4. The SMILES string of the molecule is CCNC(=NCc1cccc(CS(=O)(=O)NC)c1)NCC(C)(O)c1ccccc1.I. The summed E-state index contributed by atoms with van der Waals surface area (Å²) in [5.41, 5.74) is 1.39. The molecule has 4 N–H and O–H groups in total. The fourth-order valence-electron chi connectivity index (χ4n) is 2.78. The van der Waals surface area contributed by atoms with Crippen molar-refractivity contribution in [3.8, 4) is 0 Å². The van der Waals surface area contributed by atoms with Gasteiger partial charge in [-0.15, -0.1) is 24.0 Å². The average Bonchev–Trinajstić information content (AvgIpc) is 2.71. The molecule has 0 aliphatic rings. The van der Waals surface area contributed by atoms with Crippen molar-refractivity contribution >= 4 is 40.0 Å². The van der Waals surface area contributed by atoms with E-state index in [1.54, 1.807) is 13.0 Å². The normalized spacial score (nSPS) is 13.8. The van der Waals surface area contributed by atoms with Gasteiger partial charge in [-0.05, 0) is 37.6 Å². The number of guanidine groups is 1. The molecule has 0 heterocycles. The summed E-state index contributed by atoms with van der Waals surface area (Å²) in [6, 6.07) is 16.8. The lowest BCUT2D eigenvalue weighted by Gasteiger charge is -2.25. The van der Waals surface area contributed by atoms with Gasteiger partial charge in [-0.2, -0.15) is 0 Å². The minimum atomic E-state index is -3.32. The standard InChI is InChI=1S/C21H30N4O3S.HI/c1-4-23-20(25-16-21(2,26)19-11-6-5-7-12-19)24-14-17-9-8-10-18(13-17)15-29(27,28)22-3;/h5-13,22,26H,4,14-16H2,1-3H3,(H2,23,24,25);1H. The maximum Gasteiger partial charge on any atom is 0.215 e. The molecule has 2 aromatic carbocycles. The van der Waals surface area contributed by atoms with Gasteiger partial charge in [0.25, 0.3) is 0 Å². The number of sulfonamides is 1. The first kappa shape index (κ1) is 26.3. The van der Waals surface area contributed by atoms with Crippen LogP contribution in [0.2, 0.25) is 0 Å². The summed E-state index contributed by atoms with van der Waals surface area (Å²) in [5, 5.41) is 17.1. The Hall–Kier alpha value is -1.69. The minimum absolute atomic E-state index is 0. The molecule has 0 spiro atoms. The summed E-state index contributed by atoms with van der Waals surface area (Å²) >= 11 is 0. The number of benzene rings is 2. The Bertz CT molecular complexity index is 919. The predicted octanol–water partition coefficient (Wildman–Crippen LogP) is 2.32. The van der Waals surface area contributed by atoms with E-state index < -0.39 is 15.6 Å². The highest BCUT2D eigenvalue weighted by Gasteiger charge is 2.22. The second-order valence-electron chi connectivity index (χ2n) is 6.97. The lowest BCUT2D eigenvalue weighted by atomic mass is 9.96. The number of aliphatic hydroxyl groups is 1. The fraction of sp³-hybridized carbons (Fsp3) is 0.381. The third-order valence-corrected chi connectivity index (χ3v) is 5.75. The van der Waals surface area contributed by atoms with Crippen LogP contribution in [0, 0.1) is 0 Å². The molecule has 0 bridgehead atoms. The summed E-state index contributed by atoms with van der Waals surface area (Å²) < 4.78 is 25.8. The van der Waals surface area contributed by atoms with E-state index in [4.69, 9.17) is 0 Å². The molecule has 2 aromatic rings. The van der Waals surface area contributed by atoms with Gasteiger partial charge in [-0.1, -0.05) is 54.6 Å². The van der Waals surface area contributed by atoms with Crippen molar-refractivity contribution < 1.29 is 13.5 Å². The van der Waals surface area contributed by atoms with Crippen LogP contribution < -0.4 is 15.4 Å². The summed E-state index contributed by atoms with van der Waals surface area (Å²) in [6.45, 7) is 5.08. The molecule has 9 heteroatoms. The van der Waals surface area contributed by atoms with Gasteiger partial charge in [0.05, 0.1) is 18.8 Å². The van der Waals surface area contributed by atoms with Crippen molar-refractivity contribution in [2.45, 2.75) is 31.7 Å². The third-order valence-electron chi connectivity index (χ3n) is 4.42. The van der Waals surface area contributed by atoms with Crippen molar-refractivity contribution in [2.24, 2.45) is 4.99 Å². The number of halogens is 1. The minimum Gasteiger partial charge on any atom is -0.384 e. The zero-order valence-corrected chi connectivity index (χ0v) is 20.7. The largest absolute Gasteiger partial charge is 0.384 e. The van der Waals surface area contributed by atoms with E-state index in [-0.39, 0.29) is 29.7 Å². The molecular weight excluding hydrogens is 515 g/mol. The second kappa shape index (κ2) is 12.2. The molecule has 30 heavy (non-hydrogen) atoms. The summed E-state index contributed by atoms with van der Waals surface area (Å²) in [5.74, 6) is 0.510. The van der Waals surface area contributed by atoms with Gasteiger partial charge in [0.15, 0.2) is 5.96 Å². The van der Waals surface area contributed by atoms with Gasteiger partial charge < -0.3 is 15.7 Å². The van der Waals surface area contributed by atoms with E-state index in [9.17, 15) is 13.5 Å². The first-order chi connectivity index (χ1) is 13.8. The zero-order valence-electron chi connectivity index (χ0n) is 17.6. The molecule has 2 rings (SSSR count). The number of aliphatic imine (C=N–C) groups is 1. The van der Waals surface area contributed by atoms with Crippen LogP contribution in [-0.4, -0.2) is 39.6 Å². The summed E-state index contributed by atoms with van der Waals surface area (Å²) in [4.78, 5) is 4.56. The van der Waals surface area contributed by atoms with Gasteiger partial charge in [0.1, 0.15) is 5.60 Å². The lowest BCUT2D eigenvalue weighted by molar-refractivity contribution is 0.0617. The van der Waals surface area contributed by atoms with Crippen molar-refractivity contribution in [3.05, 3.63) is 71.3 Å². The van der Waals surface area contributed by atoms with Gasteiger partial charge in [0, 0.05) is 6.54 Å². The van der Waals surface area contributed by atoms with Crippen LogP contribution in [0.3, 0.4) is 0 Å². The smallest absolute Gasteiger partial charge is 0.215 e. The Morgan fingerprint density at radius 3 is 2.37 bits per heavy atom. The monoisotopic (exact) mass is 546 g/mol. The molecule has 0 aromatic heterocycles. The van der Waals surface area contributed by atoms with Gasteiger partial charge >= 0.3 is 0 Å². The van der Waals surface area contributed by atoms with Crippen molar-refractivity contribution in [2.75, 3.05) is 20.1 Å². The van der Waals surface area contributed by atoms with Crippen LogP contribution in [-0.2, 0) is 27.9 Å². The first-order valence-corrected chi connectivity index (χ1v) is 11.2. The molecule has 166 valence electrons. The van der Waals surface area contributed by atoms with Crippen LogP contribution in [0.25, 0.3) is 0 Å². The quantitative estimate of drug-likeness (QED) is 0.220. The van der Waals surface area contributed by atoms with Crippen LogP contribution in [0.5, 0.6) is 0 Å². The zero-order chi connectivity index (χ0) is 21.3. The third kappa shape index (κ3) is 8.58. The Morgan fingerprint density at radius 1 is 1.07 bits per heavy atom. The van der Waals surface area contributed by atoms with E-state index >= 15 is 0 Å². The highest BCUT2D eigenvalue weighted by molar-refractivity contribution is 14.0. The van der Waals surface area contributed by atoms with Crippen LogP contribution in [0.4, 0.5) is 0 Å². The summed E-state index contributed by atoms with van der Waals surface area (Å²) in [7, 11) is -1.91. The number of rotatable bonds is 9. The molecule has 0 aliphatic heterocycles. The number of hydrogen-bond acceptors (Lipinski definition) is 4. The van der Waals surface area contributed by atoms with Crippen molar-refractivity contribution in [1.29, 1.82) is 0 Å². The van der Waals surface area contributed by atoms with Gasteiger partial charge in [-0.25, -0.2) is 18.1 Å². The molecule has 0 fully saturated rings. The predicted molar refractivity (Wildman–Crippen MR) is 132 cm³/mol. The van der Waals surface area contributed by atoms with E-state index in [2.05, 4.69) is 20.3 Å². The lowest BCUT2D eigenvalue weighted by Crippen LogP contribution is -2.44. The Kier molecular flexibility index (Phi) is 10.7. The highest BCUT2D eigenvalue weighted by atomic mass is 127. The van der Waals surface area contributed by atoms with E-state index in [0.29, 0.717) is 31.2 Å². The van der Waals surface area contributed by atoms with Crippen LogP contribution >= 0.6 is 24.0 Å². The highest BCUT2D eigenvalue weighted by Crippen LogP contribution is 2.18. The molecule has 0 saturated carbocycles. The van der Waals surface area contributed by atoms with E-state index in [1.165, 1.54) is 7.05 Å². The van der Waals surface area contributed by atoms with Gasteiger partial charge in [0.2, 0.25) is 10.0 Å². The fourth-order valence-corrected chi connectivity index (χ4v) is 3.54. The molecular formula is C21H31IN4O3S. The maximum atomic E-state index is 11.7. The van der Waals surface area contributed by atoms with E-state index in [0.717, 1.165) is 11.1 Å². The Labute approximate surface area is 196 Å². The van der Waals surface area contributed by atoms with Crippen molar-refractivity contribution in [1.82, 2.24) is 15.4 Å². The molecule has 7 nitrogen and oxygen atoms in total. The maximum absolute atomic E-state index is 11.7. The van der Waals surface area contributed by atoms with E-state index in [1.807, 2.05) is 55.5 Å². The molecule has 1 atom stereocenters. The molecule has 0 radical (unpaired) electrons. The Balaban J connectivity index is 0.00000450. The molecule has 0 saturated heterocycles. The molecule has 0 aliphatic carbocycles. The van der Waals surface area contributed by atoms with Gasteiger partial charge in [-0.3, -0.25) is 0 Å². The second-order valence-corrected chi connectivity index (χ2v) is 8.90.